The molecule has 0 bridgehead atoms. The lowest BCUT2D eigenvalue weighted by Crippen LogP contribution is -2.36. The maximum Gasteiger partial charge on any atom is 0.251 e. The summed E-state index contributed by atoms with van der Waals surface area (Å²) >= 11 is 5.95. The van der Waals surface area contributed by atoms with Crippen molar-refractivity contribution in [3.63, 3.8) is 0 Å². The topological polar surface area (TPSA) is 104 Å². The van der Waals surface area contributed by atoms with Gasteiger partial charge in [-0.1, -0.05) is 17.7 Å². The third-order valence-corrected chi connectivity index (χ3v) is 5.56. The summed E-state index contributed by atoms with van der Waals surface area (Å²) in [4.78, 5) is 26.1. The first-order valence-electron chi connectivity index (χ1n) is 9.99. The van der Waals surface area contributed by atoms with Crippen LogP contribution >= 0.6 is 11.6 Å². The highest BCUT2D eigenvalue weighted by atomic mass is 35.5. The van der Waals surface area contributed by atoms with Gasteiger partial charge in [0.2, 0.25) is 5.91 Å². The summed E-state index contributed by atoms with van der Waals surface area (Å²) in [5.41, 5.74) is 0.995. The molecule has 1 fully saturated rings. The van der Waals surface area contributed by atoms with Crippen molar-refractivity contribution in [3.05, 3.63) is 70.7 Å². The van der Waals surface area contributed by atoms with Crippen LogP contribution in [0.1, 0.15) is 22.3 Å². The average molecular weight is 456 g/mol. The average Bonchev–Trinajstić information content (AvgIpc) is 3.25. The van der Waals surface area contributed by atoms with E-state index in [4.69, 9.17) is 16.3 Å². The Hall–Kier alpha value is -3.65. The van der Waals surface area contributed by atoms with Gasteiger partial charge in [0.15, 0.2) is 11.8 Å². The molecule has 9 heteroatoms. The summed E-state index contributed by atoms with van der Waals surface area (Å²) in [5.74, 6) is 0.360. The van der Waals surface area contributed by atoms with Crippen LogP contribution in [0.5, 0.6) is 23.3 Å². The number of amides is 2. The lowest BCUT2D eigenvalue weighted by molar-refractivity contribution is -0.126. The minimum Gasteiger partial charge on any atom is -0.494 e. The quantitative estimate of drug-likeness (QED) is 0.528. The molecule has 3 aromatic rings. The van der Waals surface area contributed by atoms with E-state index in [1.54, 1.807) is 54.4 Å². The van der Waals surface area contributed by atoms with E-state index < -0.39 is 0 Å². The fourth-order valence-corrected chi connectivity index (χ4v) is 3.68. The predicted molar refractivity (Wildman–Crippen MR) is 118 cm³/mol. The van der Waals surface area contributed by atoms with Gasteiger partial charge < -0.3 is 25.2 Å². The number of carbonyl (C=O) groups is 2. The summed E-state index contributed by atoms with van der Waals surface area (Å²) < 4.78 is 7.32. The number of rotatable bonds is 6. The molecule has 0 saturated carbocycles. The molecule has 2 aromatic carbocycles. The Morgan fingerprint density at radius 2 is 1.81 bits per heavy atom. The molecular formula is C23H22ClN3O5. The maximum atomic E-state index is 12.8. The standard InChI is InChI=1S/C23H22ClN3O5/c1-26-13-17(11-22(26)30)25-23(31)14-2-3-15(12-27-20(28)8-9-21(27)29)19(10-14)32-18-6-4-16(24)5-7-18/h2-10,17,28-29H,11-13H2,1H3,(H,25,31). The summed E-state index contributed by atoms with van der Waals surface area (Å²) in [6, 6.07) is 14.2. The van der Waals surface area contributed by atoms with Crippen molar-refractivity contribution >= 4 is 23.4 Å². The molecule has 8 nitrogen and oxygen atoms in total. The van der Waals surface area contributed by atoms with Crippen LogP contribution < -0.4 is 10.1 Å². The Morgan fingerprint density at radius 1 is 1.12 bits per heavy atom. The molecular weight excluding hydrogens is 434 g/mol. The molecule has 32 heavy (non-hydrogen) atoms. The molecule has 4 rings (SSSR count). The molecule has 166 valence electrons. The molecule has 0 aliphatic carbocycles. The van der Waals surface area contributed by atoms with Gasteiger partial charge in [0.05, 0.1) is 12.6 Å². The molecule has 1 aromatic heterocycles. The van der Waals surface area contributed by atoms with Crippen molar-refractivity contribution < 1.29 is 24.5 Å². The SMILES string of the molecule is CN1CC(NC(=O)c2ccc(Cn3c(O)ccc3O)c(Oc3ccc(Cl)cc3)c2)CC1=O. The summed E-state index contributed by atoms with van der Waals surface area (Å²) in [5, 5.41) is 23.4. The van der Waals surface area contributed by atoms with Crippen molar-refractivity contribution in [2.24, 2.45) is 0 Å². The largest absolute Gasteiger partial charge is 0.494 e. The zero-order valence-electron chi connectivity index (χ0n) is 17.3. The molecule has 0 spiro atoms. The van der Waals surface area contributed by atoms with E-state index >= 15 is 0 Å². The monoisotopic (exact) mass is 455 g/mol. The molecule has 1 aliphatic rings. The van der Waals surface area contributed by atoms with E-state index in [0.717, 1.165) is 0 Å². The van der Waals surface area contributed by atoms with Gasteiger partial charge in [-0.15, -0.1) is 0 Å². The van der Waals surface area contributed by atoms with Crippen LogP contribution in [-0.4, -0.2) is 51.1 Å². The molecule has 0 radical (unpaired) electrons. The molecule has 2 amide bonds. The smallest absolute Gasteiger partial charge is 0.251 e. The van der Waals surface area contributed by atoms with E-state index in [1.165, 1.54) is 16.7 Å². The summed E-state index contributed by atoms with van der Waals surface area (Å²) in [6.45, 7) is 0.584. The first-order chi connectivity index (χ1) is 15.3. The molecule has 1 unspecified atom stereocenters. The predicted octanol–water partition coefficient (Wildman–Crippen LogP) is 3.35. The Labute approximate surface area is 189 Å². The third-order valence-electron chi connectivity index (χ3n) is 5.31. The number of likely N-dealkylation sites (N-methyl/N-ethyl adjacent to an activating group) is 1. The number of nitrogens with one attached hydrogen (secondary N) is 1. The molecule has 2 heterocycles. The minimum atomic E-state index is -0.322. The highest BCUT2D eigenvalue weighted by Gasteiger charge is 2.28. The summed E-state index contributed by atoms with van der Waals surface area (Å²) in [7, 11) is 1.70. The van der Waals surface area contributed by atoms with Crippen molar-refractivity contribution in [2.75, 3.05) is 13.6 Å². The highest BCUT2D eigenvalue weighted by Crippen LogP contribution is 2.31. The van der Waals surface area contributed by atoms with Gasteiger partial charge in [0.25, 0.3) is 5.91 Å². The third kappa shape index (κ3) is 4.65. The van der Waals surface area contributed by atoms with E-state index in [2.05, 4.69) is 5.32 Å². The molecule has 1 aliphatic heterocycles. The number of hydrogen-bond acceptors (Lipinski definition) is 5. The Balaban J connectivity index is 1.62. The Kier molecular flexibility index (Phi) is 5.96. The Bertz CT molecular complexity index is 1140. The molecule has 1 saturated heterocycles. The first-order valence-corrected chi connectivity index (χ1v) is 10.4. The van der Waals surface area contributed by atoms with Gasteiger partial charge in [0, 0.05) is 48.3 Å². The van der Waals surface area contributed by atoms with Gasteiger partial charge in [-0.3, -0.25) is 14.2 Å². The second-order valence-corrected chi connectivity index (χ2v) is 8.10. The second-order valence-electron chi connectivity index (χ2n) is 7.66. The van der Waals surface area contributed by atoms with Gasteiger partial charge >= 0.3 is 0 Å². The number of likely N-dealkylation sites (tertiary alicyclic amines) is 1. The van der Waals surface area contributed by atoms with Gasteiger partial charge in [-0.05, 0) is 36.4 Å². The molecule has 3 N–H and O–H groups in total. The van der Waals surface area contributed by atoms with E-state index in [9.17, 15) is 19.8 Å². The lowest BCUT2D eigenvalue weighted by Gasteiger charge is -2.16. The van der Waals surface area contributed by atoms with Crippen LogP contribution in [0.15, 0.2) is 54.6 Å². The van der Waals surface area contributed by atoms with Crippen molar-refractivity contribution in [2.45, 2.75) is 19.0 Å². The number of benzene rings is 2. The second kappa shape index (κ2) is 8.84. The van der Waals surface area contributed by atoms with E-state index in [-0.39, 0.29) is 42.6 Å². The number of aromatic nitrogens is 1. The summed E-state index contributed by atoms with van der Waals surface area (Å²) in [6.07, 6.45) is 0.265. The van der Waals surface area contributed by atoms with Gasteiger partial charge in [0.1, 0.15) is 11.5 Å². The number of nitrogens with zero attached hydrogens (tertiary/aromatic N) is 2. The van der Waals surface area contributed by atoms with Crippen LogP contribution in [0.2, 0.25) is 5.02 Å². The minimum absolute atomic E-state index is 0.0104. The number of aromatic hydroxyl groups is 2. The van der Waals surface area contributed by atoms with Crippen molar-refractivity contribution in [1.82, 2.24) is 14.8 Å². The maximum absolute atomic E-state index is 12.8. The highest BCUT2D eigenvalue weighted by molar-refractivity contribution is 6.30. The van der Waals surface area contributed by atoms with Crippen LogP contribution in [0.4, 0.5) is 0 Å². The van der Waals surface area contributed by atoms with Crippen LogP contribution in [-0.2, 0) is 11.3 Å². The first kappa shape index (κ1) is 21.6. The van der Waals surface area contributed by atoms with Gasteiger partial charge in [-0.2, -0.15) is 0 Å². The fourth-order valence-electron chi connectivity index (χ4n) is 3.56. The van der Waals surface area contributed by atoms with Crippen molar-refractivity contribution in [3.8, 4) is 23.3 Å². The van der Waals surface area contributed by atoms with Crippen molar-refractivity contribution in [1.29, 1.82) is 0 Å². The normalized spacial score (nSPS) is 15.8. The fraction of sp³-hybridized carbons (Fsp3) is 0.217. The Morgan fingerprint density at radius 3 is 2.44 bits per heavy atom. The number of hydrogen-bond donors (Lipinski definition) is 3. The molecule has 1 atom stereocenters. The van der Waals surface area contributed by atoms with Crippen LogP contribution in [0.25, 0.3) is 0 Å². The lowest BCUT2D eigenvalue weighted by atomic mass is 10.1. The van der Waals surface area contributed by atoms with Gasteiger partial charge in [-0.25, -0.2) is 0 Å². The van der Waals surface area contributed by atoms with E-state index in [0.29, 0.717) is 34.2 Å². The zero-order chi connectivity index (χ0) is 22.8. The van der Waals surface area contributed by atoms with Crippen LogP contribution in [0.3, 0.4) is 0 Å². The van der Waals surface area contributed by atoms with E-state index in [1.807, 2.05) is 0 Å². The zero-order valence-corrected chi connectivity index (χ0v) is 18.0. The number of carbonyl (C=O) groups excluding carboxylic acids is 2. The van der Waals surface area contributed by atoms with Crippen LogP contribution in [0, 0.1) is 0 Å². The number of ether oxygens (including phenoxy) is 1. The number of halogens is 1.